The summed E-state index contributed by atoms with van der Waals surface area (Å²) in [6.07, 6.45) is 1.88. The lowest BCUT2D eigenvalue weighted by Crippen LogP contribution is -2.33. The molecule has 7 heteroatoms. The Labute approximate surface area is 154 Å². The normalized spacial score (nSPS) is 14.1. The molecule has 22 heavy (non-hydrogen) atoms. The largest absolute Gasteiger partial charge is 0.369 e. The van der Waals surface area contributed by atoms with Gasteiger partial charge >= 0.3 is 0 Å². The summed E-state index contributed by atoms with van der Waals surface area (Å²) >= 11 is 14.6. The van der Waals surface area contributed by atoms with Crippen LogP contribution in [-0.2, 0) is 0 Å². The quantitative estimate of drug-likeness (QED) is 0.427. The Hall–Kier alpha value is -0.950. The van der Waals surface area contributed by atoms with Gasteiger partial charge in [0.1, 0.15) is 0 Å². The fraction of sp³-hybridized carbons (Fsp3) is 0. The van der Waals surface area contributed by atoms with E-state index in [1.165, 1.54) is 0 Å². The summed E-state index contributed by atoms with van der Waals surface area (Å²) < 4.78 is 1.82. The number of anilines is 1. The summed E-state index contributed by atoms with van der Waals surface area (Å²) in [4.78, 5) is 7.42. The van der Waals surface area contributed by atoms with E-state index >= 15 is 0 Å². The first kappa shape index (κ1) is 15.9. The molecule has 0 spiro atoms. The van der Waals surface area contributed by atoms with Crippen molar-refractivity contribution in [3.63, 3.8) is 0 Å². The first-order valence-electron chi connectivity index (χ1n) is 6.26. The van der Waals surface area contributed by atoms with Crippen LogP contribution < -0.4 is 10.6 Å². The first-order chi connectivity index (χ1) is 10.5. The van der Waals surface area contributed by atoms with E-state index in [1.807, 2.05) is 52.9 Å². The zero-order chi connectivity index (χ0) is 15.7. The predicted octanol–water partition coefficient (Wildman–Crippen LogP) is 5.89. The predicted molar refractivity (Wildman–Crippen MR) is 102 cm³/mol. The summed E-state index contributed by atoms with van der Waals surface area (Å²) in [5, 5.41) is 2.63. The highest BCUT2D eigenvalue weighted by Crippen LogP contribution is 2.37. The maximum Gasteiger partial charge on any atom is 0.205 e. The molecular weight excluding hydrogens is 450 g/mol. The minimum atomic E-state index is 0.374. The van der Waals surface area contributed by atoms with Crippen LogP contribution in [0.3, 0.4) is 0 Å². The molecule has 0 atom stereocenters. The Kier molecular flexibility index (Phi) is 4.82. The third-order valence-corrected chi connectivity index (χ3v) is 5.23. The number of halogens is 3. The number of rotatable bonds is 1. The van der Waals surface area contributed by atoms with Gasteiger partial charge in [-0.3, -0.25) is 4.90 Å². The van der Waals surface area contributed by atoms with Gasteiger partial charge in [0.2, 0.25) is 5.96 Å². The molecule has 112 valence electrons. The Morgan fingerprint density at radius 3 is 2.82 bits per heavy atom. The van der Waals surface area contributed by atoms with Gasteiger partial charge in [0, 0.05) is 25.1 Å². The van der Waals surface area contributed by atoms with Gasteiger partial charge in [-0.2, -0.15) is 0 Å². The smallest absolute Gasteiger partial charge is 0.205 e. The minimum Gasteiger partial charge on any atom is -0.369 e. The zero-order valence-corrected chi connectivity index (χ0v) is 15.9. The number of nitrogens with zero attached hydrogens (tertiary/aromatic N) is 2. The van der Waals surface area contributed by atoms with Crippen molar-refractivity contribution < 1.29 is 0 Å². The molecular formula is C15H10Br2ClN3S. The summed E-state index contributed by atoms with van der Waals surface area (Å²) in [6.45, 7) is 0. The van der Waals surface area contributed by atoms with Gasteiger partial charge in [-0.05, 0) is 57.7 Å². The molecule has 0 amide bonds. The summed E-state index contributed by atoms with van der Waals surface area (Å²) in [6, 6.07) is 11.5. The summed E-state index contributed by atoms with van der Waals surface area (Å²) in [5.41, 5.74) is 7.88. The van der Waals surface area contributed by atoms with Crippen molar-refractivity contribution in [3.8, 4) is 0 Å². The van der Waals surface area contributed by atoms with E-state index in [1.54, 1.807) is 11.8 Å². The number of fused-ring (bicyclic) bond motifs is 1. The fourth-order valence-corrected chi connectivity index (χ4v) is 3.58. The maximum atomic E-state index is 6.20. The molecule has 0 unspecified atom stereocenters. The average molecular weight is 460 g/mol. The van der Waals surface area contributed by atoms with E-state index < -0.39 is 0 Å². The lowest BCUT2D eigenvalue weighted by molar-refractivity contribution is 1.23. The van der Waals surface area contributed by atoms with Crippen LogP contribution in [0.1, 0.15) is 0 Å². The van der Waals surface area contributed by atoms with Gasteiger partial charge in [-0.1, -0.05) is 39.3 Å². The number of aliphatic imine (C=N–C) groups is 1. The van der Waals surface area contributed by atoms with Crippen LogP contribution in [0.4, 0.5) is 11.4 Å². The molecule has 0 saturated carbocycles. The van der Waals surface area contributed by atoms with E-state index in [2.05, 4.69) is 36.9 Å². The van der Waals surface area contributed by atoms with Gasteiger partial charge < -0.3 is 5.73 Å². The van der Waals surface area contributed by atoms with Crippen LogP contribution in [0.2, 0.25) is 5.02 Å². The van der Waals surface area contributed by atoms with Crippen LogP contribution in [0.5, 0.6) is 0 Å². The Balaban J connectivity index is 2.02. The Morgan fingerprint density at radius 1 is 1.18 bits per heavy atom. The topological polar surface area (TPSA) is 41.6 Å². The second kappa shape index (κ2) is 6.66. The van der Waals surface area contributed by atoms with E-state index in [4.69, 9.17) is 17.3 Å². The first-order valence-corrected chi connectivity index (χ1v) is 9.10. The molecule has 0 aromatic heterocycles. The van der Waals surface area contributed by atoms with Crippen molar-refractivity contribution in [1.82, 2.24) is 0 Å². The molecule has 1 aliphatic heterocycles. The molecule has 3 rings (SSSR count). The molecule has 1 heterocycles. The number of hydrogen-bond donors (Lipinski definition) is 1. The van der Waals surface area contributed by atoms with Crippen molar-refractivity contribution >= 4 is 72.6 Å². The summed E-state index contributed by atoms with van der Waals surface area (Å²) in [7, 11) is 0. The molecule has 2 aromatic carbocycles. The fourth-order valence-electron chi connectivity index (χ4n) is 1.97. The molecule has 2 aromatic rings. The third kappa shape index (κ3) is 3.35. The van der Waals surface area contributed by atoms with E-state index in [0.717, 1.165) is 25.2 Å². The highest BCUT2D eigenvalue weighted by Gasteiger charge is 2.17. The van der Waals surface area contributed by atoms with Crippen LogP contribution in [0.15, 0.2) is 66.8 Å². The number of nitrogens with two attached hydrogens (primary N) is 1. The molecule has 0 radical (unpaired) electrons. The number of benzene rings is 2. The maximum absolute atomic E-state index is 6.20. The van der Waals surface area contributed by atoms with Crippen LogP contribution in [0.25, 0.3) is 0 Å². The van der Waals surface area contributed by atoms with Crippen LogP contribution >= 0.6 is 55.2 Å². The Bertz CT molecular complexity index is 792. The van der Waals surface area contributed by atoms with Gasteiger partial charge in [0.05, 0.1) is 11.4 Å². The molecule has 1 aliphatic rings. The van der Waals surface area contributed by atoms with Gasteiger partial charge in [-0.15, -0.1) is 0 Å². The van der Waals surface area contributed by atoms with Gasteiger partial charge in [-0.25, -0.2) is 4.99 Å². The van der Waals surface area contributed by atoms with Gasteiger partial charge in [0.25, 0.3) is 0 Å². The molecule has 0 bridgehead atoms. The van der Waals surface area contributed by atoms with Crippen molar-refractivity contribution in [3.05, 3.63) is 62.0 Å². The Morgan fingerprint density at radius 2 is 2.00 bits per heavy atom. The number of hydrogen-bond acceptors (Lipinski definition) is 2. The van der Waals surface area contributed by atoms with Crippen molar-refractivity contribution in [2.45, 2.75) is 4.90 Å². The van der Waals surface area contributed by atoms with Crippen molar-refractivity contribution in [1.29, 1.82) is 0 Å². The molecule has 2 N–H and O–H groups in total. The third-order valence-electron chi connectivity index (χ3n) is 2.98. The van der Waals surface area contributed by atoms with Crippen LogP contribution in [-0.4, -0.2) is 5.96 Å². The average Bonchev–Trinajstić information content (AvgIpc) is 2.50. The molecule has 0 saturated heterocycles. The van der Waals surface area contributed by atoms with E-state index in [0.29, 0.717) is 11.0 Å². The highest BCUT2D eigenvalue weighted by molar-refractivity contribution is 9.11. The highest BCUT2D eigenvalue weighted by atomic mass is 79.9. The van der Waals surface area contributed by atoms with Gasteiger partial charge in [0.15, 0.2) is 0 Å². The SMILES string of the molecule is NC(=Nc1cc(Br)ccc1Br)N1C=CSc2ccc(Cl)cc21. The van der Waals surface area contributed by atoms with E-state index in [9.17, 15) is 0 Å². The number of thioether (sulfide) groups is 1. The van der Waals surface area contributed by atoms with Crippen LogP contribution in [0, 0.1) is 0 Å². The standard InChI is InChI=1S/C15H10Br2ClN3S/c16-9-1-3-11(17)12(7-9)20-15(19)21-5-6-22-14-4-2-10(18)8-13(14)21/h1-8H,(H2,19,20). The second-order valence-electron chi connectivity index (χ2n) is 4.45. The van der Waals surface area contributed by atoms with E-state index in [-0.39, 0.29) is 0 Å². The zero-order valence-electron chi connectivity index (χ0n) is 11.1. The molecule has 3 nitrogen and oxygen atoms in total. The number of guanidine groups is 1. The second-order valence-corrected chi connectivity index (χ2v) is 7.60. The van der Waals surface area contributed by atoms with Crippen molar-refractivity contribution in [2.75, 3.05) is 4.90 Å². The minimum absolute atomic E-state index is 0.374. The van der Waals surface area contributed by atoms with Crippen molar-refractivity contribution in [2.24, 2.45) is 10.7 Å². The molecule has 0 aliphatic carbocycles. The summed E-state index contributed by atoms with van der Waals surface area (Å²) in [5.74, 6) is 0.374. The lowest BCUT2D eigenvalue weighted by atomic mass is 10.3. The lowest BCUT2D eigenvalue weighted by Gasteiger charge is -2.25. The monoisotopic (exact) mass is 457 g/mol. The molecule has 0 fully saturated rings.